The Morgan fingerprint density at radius 2 is 1.67 bits per heavy atom. The highest BCUT2D eigenvalue weighted by molar-refractivity contribution is 5.79. The molecule has 0 spiro atoms. The van der Waals surface area contributed by atoms with Crippen LogP contribution in [0.15, 0.2) is 72.8 Å². The Balaban J connectivity index is 1.36. The number of nitrogens with zero attached hydrogens (tertiary/aromatic N) is 1. The third-order valence-electron chi connectivity index (χ3n) is 5.49. The van der Waals surface area contributed by atoms with Crippen molar-refractivity contribution in [3.63, 3.8) is 0 Å². The van der Waals surface area contributed by atoms with Gasteiger partial charge in [0, 0.05) is 12.5 Å². The van der Waals surface area contributed by atoms with Crippen molar-refractivity contribution in [1.29, 1.82) is 5.26 Å². The van der Waals surface area contributed by atoms with Gasteiger partial charge in [-0.25, -0.2) is 4.79 Å². The molecule has 3 aromatic carbocycles. The summed E-state index contributed by atoms with van der Waals surface area (Å²) in [5.41, 5.74) is 3.35. The van der Waals surface area contributed by atoms with Gasteiger partial charge in [0.2, 0.25) is 0 Å². The topological polar surface area (TPSA) is 62.1 Å². The maximum Gasteiger partial charge on any atom is 0.417 e. The van der Waals surface area contributed by atoms with Crippen LogP contribution in [-0.2, 0) is 10.9 Å². The van der Waals surface area contributed by atoms with E-state index in [9.17, 15) is 18.0 Å². The molecule has 1 aliphatic carbocycles. The Morgan fingerprint density at radius 1 is 1.03 bits per heavy atom. The van der Waals surface area contributed by atoms with Gasteiger partial charge in [-0.1, -0.05) is 66.7 Å². The fraction of sp³-hybridized carbons (Fsp3) is 0.154. The summed E-state index contributed by atoms with van der Waals surface area (Å²) in [4.78, 5) is 12.2. The van der Waals surface area contributed by atoms with Crippen molar-refractivity contribution >= 4 is 12.2 Å². The average molecular weight is 448 g/mol. The van der Waals surface area contributed by atoms with Gasteiger partial charge in [-0.2, -0.15) is 18.4 Å². The molecule has 0 radical (unpaired) electrons. The fourth-order valence-corrected chi connectivity index (χ4v) is 3.99. The molecule has 4 nitrogen and oxygen atoms in total. The Labute approximate surface area is 188 Å². The number of carbonyl (C=O) groups excluding carboxylic acids is 1. The number of fused-ring (bicyclic) bond motifs is 3. The molecule has 1 aliphatic rings. The van der Waals surface area contributed by atoms with Crippen LogP contribution < -0.4 is 5.32 Å². The summed E-state index contributed by atoms with van der Waals surface area (Å²) in [5, 5.41) is 11.4. The molecule has 0 bridgehead atoms. The van der Waals surface area contributed by atoms with E-state index >= 15 is 0 Å². The van der Waals surface area contributed by atoms with E-state index in [0.29, 0.717) is 0 Å². The maximum absolute atomic E-state index is 13.2. The highest BCUT2D eigenvalue weighted by atomic mass is 19.4. The Hall–Kier alpha value is -4.05. The summed E-state index contributed by atoms with van der Waals surface area (Å²) < 4.78 is 45.1. The van der Waals surface area contributed by atoms with Gasteiger partial charge in [0.25, 0.3) is 0 Å². The monoisotopic (exact) mass is 448 g/mol. The summed E-state index contributed by atoms with van der Waals surface area (Å²) in [5.74, 6) is -0.0771. The van der Waals surface area contributed by atoms with Crippen LogP contribution in [0.4, 0.5) is 18.0 Å². The van der Waals surface area contributed by atoms with Gasteiger partial charge < -0.3 is 10.1 Å². The molecule has 4 rings (SSSR count). The first kappa shape index (κ1) is 22.2. The van der Waals surface area contributed by atoms with E-state index in [2.05, 4.69) is 5.32 Å². The SMILES string of the molecule is N#Cc1ccc(C=CCNC(=O)OCC2c3ccccc3-c3ccccc32)c(C(F)(F)F)c1. The molecule has 7 heteroatoms. The number of carbonyl (C=O) groups is 1. The van der Waals surface area contributed by atoms with Crippen molar-refractivity contribution in [3.8, 4) is 17.2 Å². The average Bonchev–Trinajstić information content (AvgIpc) is 3.13. The lowest BCUT2D eigenvalue weighted by atomic mass is 9.98. The summed E-state index contributed by atoms with van der Waals surface area (Å²) in [6.07, 6.45) is -2.59. The zero-order chi connectivity index (χ0) is 23.4. The molecule has 0 heterocycles. The van der Waals surface area contributed by atoms with Crippen LogP contribution in [0.2, 0.25) is 0 Å². The van der Waals surface area contributed by atoms with Crippen LogP contribution in [0.1, 0.15) is 33.7 Å². The van der Waals surface area contributed by atoms with E-state index < -0.39 is 17.8 Å². The summed E-state index contributed by atoms with van der Waals surface area (Å²) in [6, 6.07) is 21.0. The third kappa shape index (κ3) is 4.75. The first-order chi connectivity index (χ1) is 15.9. The minimum atomic E-state index is -4.59. The lowest BCUT2D eigenvalue weighted by molar-refractivity contribution is -0.137. The van der Waals surface area contributed by atoms with Crippen molar-refractivity contribution in [2.45, 2.75) is 12.1 Å². The number of nitrogens with one attached hydrogen (secondary N) is 1. The van der Waals surface area contributed by atoms with Gasteiger partial charge in [-0.3, -0.25) is 0 Å². The number of halogens is 3. The molecule has 0 aliphatic heterocycles. The number of hydrogen-bond acceptors (Lipinski definition) is 3. The van der Waals surface area contributed by atoms with Gasteiger partial charge in [0.1, 0.15) is 6.61 Å². The predicted octanol–water partition coefficient (Wildman–Crippen LogP) is 6.13. The molecule has 0 aromatic heterocycles. The molecule has 1 N–H and O–H groups in total. The van der Waals surface area contributed by atoms with Crippen LogP contribution in [0.3, 0.4) is 0 Å². The second kappa shape index (κ2) is 9.21. The molecule has 0 atom stereocenters. The molecular formula is C26H19F3N2O2. The van der Waals surface area contributed by atoms with Crippen LogP contribution in [-0.4, -0.2) is 19.2 Å². The Bertz CT molecular complexity index is 1210. The largest absolute Gasteiger partial charge is 0.449 e. The minimum absolute atomic E-state index is 0.00598. The van der Waals surface area contributed by atoms with Crippen molar-refractivity contribution in [2.75, 3.05) is 13.2 Å². The molecule has 0 unspecified atom stereocenters. The quantitative estimate of drug-likeness (QED) is 0.511. The first-order valence-corrected chi connectivity index (χ1v) is 10.2. The van der Waals surface area contributed by atoms with Gasteiger partial charge in [-0.05, 0) is 39.9 Å². The number of ether oxygens (including phenoxy) is 1. The van der Waals surface area contributed by atoms with Gasteiger partial charge in [0.15, 0.2) is 0 Å². The third-order valence-corrected chi connectivity index (χ3v) is 5.49. The predicted molar refractivity (Wildman–Crippen MR) is 118 cm³/mol. The van der Waals surface area contributed by atoms with E-state index in [1.54, 1.807) is 6.07 Å². The van der Waals surface area contributed by atoms with Crippen LogP contribution in [0.25, 0.3) is 17.2 Å². The van der Waals surface area contributed by atoms with E-state index in [-0.39, 0.29) is 30.2 Å². The van der Waals surface area contributed by atoms with E-state index in [1.165, 1.54) is 24.3 Å². The number of benzene rings is 3. The second-order valence-electron chi connectivity index (χ2n) is 7.52. The van der Waals surface area contributed by atoms with E-state index in [1.807, 2.05) is 48.5 Å². The first-order valence-electron chi connectivity index (χ1n) is 10.2. The Kier molecular flexibility index (Phi) is 6.18. The molecular weight excluding hydrogens is 429 g/mol. The number of hydrogen-bond donors (Lipinski definition) is 1. The normalized spacial score (nSPS) is 12.8. The number of rotatable bonds is 5. The summed E-state index contributed by atoms with van der Waals surface area (Å²) in [7, 11) is 0. The maximum atomic E-state index is 13.2. The molecule has 0 saturated carbocycles. The number of alkyl halides is 3. The number of alkyl carbamates (subject to hydrolysis) is 1. The van der Waals surface area contributed by atoms with Crippen molar-refractivity contribution in [1.82, 2.24) is 5.32 Å². The molecule has 1 amide bonds. The highest BCUT2D eigenvalue weighted by Crippen LogP contribution is 2.44. The molecule has 0 saturated heterocycles. The van der Waals surface area contributed by atoms with E-state index in [0.717, 1.165) is 28.3 Å². The summed E-state index contributed by atoms with van der Waals surface area (Å²) in [6.45, 7) is 0.144. The van der Waals surface area contributed by atoms with Gasteiger partial charge in [0.05, 0.1) is 17.2 Å². The summed E-state index contributed by atoms with van der Waals surface area (Å²) >= 11 is 0. The second-order valence-corrected chi connectivity index (χ2v) is 7.52. The fourth-order valence-electron chi connectivity index (χ4n) is 3.99. The molecule has 166 valence electrons. The lowest BCUT2D eigenvalue weighted by Crippen LogP contribution is -2.26. The molecule has 3 aromatic rings. The van der Waals surface area contributed by atoms with E-state index in [4.69, 9.17) is 10.00 Å². The minimum Gasteiger partial charge on any atom is -0.449 e. The highest BCUT2D eigenvalue weighted by Gasteiger charge is 2.33. The zero-order valence-corrected chi connectivity index (χ0v) is 17.4. The van der Waals surface area contributed by atoms with Gasteiger partial charge >= 0.3 is 12.3 Å². The van der Waals surface area contributed by atoms with Gasteiger partial charge in [-0.15, -0.1) is 0 Å². The number of amides is 1. The molecule has 33 heavy (non-hydrogen) atoms. The standard InChI is InChI=1S/C26H19F3N2O2/c27-26(28,29)24-14-17(15-30)11-12-18(24)6-5-13-31-25(32)33-16-23-21-9-3-1-7-19(21)20-8-2-4-10-22(20)23/h1-12,14,23H,13,16H2,(H,31,32). The Morgan fingerprint density at radius 3 is 2.27 bits per heavy atom. The number of nitriles is 1. The molecule has 0 fully saturated rings. The zero-order valence-electron chi connectivity index (χ0n) is 17.4. The van der Waals surface area contributed by atoms with Crippen molar-refractivity contribution < 1.29 is 22.7 Å². The smallest absolute Gasteiger partial charge is 0.417 e. The van der Waals surface area contributed by atoms with Crippen molar-refractivity contribution in [2.24, 2.45) is 0 Å². The van der Waals surface area contributed by atoms with Crippen LogP contribution >= 0.6 is 0 Å². The van der Waals surface area contributed by atoms with Crippen molar-refractivity contribution in [3.05, 3.63) is 101 Å². The van der Waals surface area contributed by atoms with Crippen LogP contribution in [0, 0.1) is 11.3 Å². The lowest BCUT2D eigenvalue weighted by Gasteiger charge is -2.14. The van der Waals surface area contributed by atoms with Crippen LogP contribution in [0.5, 0.6) is 0 Å².